The third-order valence-corrected chi connectivity index (χ3v) is 1.73. The fraction of sp³-hybridized carbons (Fsp3) is 0. The topological polar surface area (TPSA) is 119 Å². The predicted molar refractivity (Wildman–Crippen MR) is 70.5 cm³/mol. The van der Waals surface area contributed by atoms with Crippen LogP contribution < -0.4 is 17.2 Å². The number of nitrogen functional groups attached to an aromatic ring is 1. The van der Waals surface area contributed by atoms with Crippen LogP contribution in [0.2, 0.25) is 0 Å². The minimum Gasteiger partial charge on any atom is -0.399 e. The summed E-state index contributed by atoms with van der Waals surface area (Å²) in [5.74, 6) is 0.350. The van der Waals surface area contributed by atoms with E-state index in [0.717, 1.165) is 11.0 Å². The number of aromatic nitrogens is 2. The van der Waals surface area contributed by atoms with Gasteiger partial charge in [0.15, 0.2) is 5.96 Å². The summed E-state index contributed by atoms with van der Waals surface area (Å²) in [4.78, 5) is 10.9. The van der Waals surface area contributed by atoms with Crippen LogP contribution in [0.1, 0.15) is 0 Å². The number of anilines is 1. The van der Waals surface area contributed by atoms with Gasteiger partial charge in [0.05, 0.1) is 11.0 Å². The lowest BCUT2D eigenvalue weighted by Gasteiger charge is -1.89. The van der Waals surface area contributed by atoms with E-state index < -0.39 is 0 Å². The number of nitrogens with one attached hydrogen (secondary N) is 1. The molecule has 7 N–H and O–H groups in total. The summed E-state index contributed by atoms with van der Waals surface area (Å²) in [6.45, 7) is 0. The van der Waals surface area contributed by atoms with Gasteiger partial charge in [-0.1, -0.05) is 0 Å². The Bertz CT molecular complexity index is 502. The molecule has 0 bridgehead atoms. The number of hydrogen-bond donors (Lipinski definition) is 4. The molecule has 0 aliphatic heterocycles. The molecule has 2 aromatic rings. The minimum absolute atomic E-state index is 0. The van der Waals surface area contributed by atoms with Crippen LogP contribution in [0.4, 0.5) is 11.6 Å². The highest BCUT2D eigenvalue weighted by atomic mass is 35.5. The molecule has 16 heavy (non-hydrogen) atoms. The van der Waals surface area contributed by atoms with Crippen molar-refractivity contribution in [3.8, 4) is 0 Å². The first-order valence-corrected chi connectivity index (χ1v) is 4.00. The summed E-state index contributed by atoms with van der Waals surface area (Å²) in [7, 11) is 0. The molecule has 0 saturated heterocycles. The van der Waals surface area contributed by atoms with Gasteiger partial charge in [0.25, 0.3) is 0 Å². The smallest absolute Gasteiger partial charge is 0.231 e. The zero-order valence-corrected chi connectivity index (χ0v) is 9.81. The molecule has 2 rings (SSSR count). The lowest BCUT2D eigenvalue weighted by atomic mass is 10.3. The Labute approximate surface area is 104 Å². The Morgan fingerprint density at radius 1 is 1.25 bits per heavy atom. The molecule has 0 spiro atoms. The van der Waals surface area contributed by atoms with Crippen LogP contribution in [0.15, 0.2) is 23.2 Å². The van der Waals surface area contributed by atoms with Crippen LogP contribution >= 0.6 is 24.8 Å². The van der Waals surface area contributed by atoms with Crippen LogP contribution in [-0.4, -0.2) is 15.9 Å². The number of hydrogen-bond acceptors (Lipinski definition) is 3. The molecule has 8 heteroatoms. The van der Waals surface area contributed by atoms with Crippen molar-refractivity contribution in [2.24, 2.45) is 16.5 Å². The molecular weight excluding hydrogens is 251 g/mol. The Balaban J connectivity index is 0.00000112. The monoisotopic (exact) mass is 262 g/mol. The molecule has 88 valence electrons. The van der Waals surface area contributed by atoms with Gasteiger partial charge in [-0.25, -0.2) is 4.98 Å². The zero-order chi connectivity index (χ0) is 10.1. The molecule has 0 unspecified atom stereocenters. The van der Waals surface area contributed by atoms with Crippen molar-refractivity contribution in [3.05, 3.63) is 18.2 Å². The van der Waals surface area contributed by atoms with Gasteiger partial charge < -0.3 is 22.2 Å². The van der Waals surface area contributed by atoms with Gasteiger partial charge in [-0.05, 0) is 18.2 Å². The molecule has 6 nitrogen and oxygen atoms in total. The van der Waals surface area contributed by atoms with Crippen molar-refractivity contribution in [1.82, 2.24) is 9.97 Å². The first-order chi connectivity index (χ1) is 6.65. The maximum Gasteiger partial charge on any atom is 0.231 e. The maximum atomic E-state index is 5.60. The van der Waals surface area contributed by atoms with E-state index in [-0.39, 0.29) is 30.8 Å². The molecule has 1 aromatic heterocycles. The number of rotatable bonds is 1. The fourth-order valence-corrected chi connectivity index (χ4v) is 1.19. The van der Waals surface area contributed by atoms with Crippen molar-refractivity contribution in [2.45, 2.75) is 0 Å². The Morgan fingerprint density at radius 2 is 1.94 bits per heavy atom. The number of halogens is 2. The molecule has 0 saturated carbocycles. The van der Waals surface area contributed by atoms with Crippen LogP contribution in [-0.2, 0) is 0 Å². The fourth-order valence-electron chi connectivity index (χ4n) is 1.19. The number of nitrogens with zero attached hydrogens (tertiary/aromatic N) is 2. The van der Waals surface area contributed by atoms with E-state index in [1.807, 2.05) is 0 Å². The quantitative estimate of drug-likeness (QED) is 0.347. The second-order valence-corrected chi connectivity index (χ2v) is 2.87. The van der Waals surface area contributed by atoms with Crippen molar-refractivity contribution in [1.29, 1.82) is 0 Å². The van der Waals surface area contributed by atoms with E-state index in [1.165, 1.54) is 0 Å². The maximum absolute atomic E-state index is 5.60. The summed E-state index contributed by atoms with van der Waals surface area (Å²) in [5.41, 5.74) is 18.3. The summed E-state index contributed by atoms with van der Waals surface area (Å²) in [6, 6.07) is 5.34. The molecule has 0 radical (unpaired) electrons. The first kappa shape index (κ1) is 14.3. The molecule has 0 fully saturated rings. The van der Waals surface area contributed by atoms with E-state index in [2.05, 4.69) is 15.0 Å². The number of imidazole rings is 1. The summed E-state index contributed by atoms with van der Waals surface area (Å²) >= 11 is 0. The zero-order valence-electron chi connectivity index (χ0n) is 8.18. The molecule has 0 atom stereocenters. The van der Waals surface area contributed by atoms with Gasteiger partial charge in [-0.15, -0.1) is 24.8 Å². The number of aliphatic imine (C=N–C) groups is 1. The third kappa shape index (κ3) is 2.91. The average molecular weight is 263 g/mol. The van der Waals surface area contributed by atoms with Crippen molar-refractivity contribution in [2.75, 3.05) is 5.73 Å². The summed E-state index contributed by atoms with van der Waals surface area (Å²) < 4.78 is 0. The third-order valence-electron chi connectivity index (χ3n) is 1.73. The Hall–Kier alpha value is -1.66. The highest BCUT2D eigenvalue weighted by Gasteiger charge is 2.01. The second kappa shape index (κ2) is 5.43. The second-order valence-electron chi connectivity index (χ2n) is 2.87. The number of H-pyrrole nitrogens is 1. The first-order valence-electron chi connectivity index (χ1n) is 4.00. The highest BCUT2D eigenvalue weighted by Crippen LogP contribution is 2.18. The summed E-state index contributed by atoms with van der Waals surface area (Å²) in [6.07, 6.45) is 0. The van der Waals surface area contributed by atoms with Gasteiger partial charge >= 0.3 is 0 Å². The van der Waals surface area contributed by atoms with Crippen molar-refractivity contribution < 1.29 is 0 Å². The SMILES string of the molecule is Cl.Cl.NC(N)=Nc1nc2ccc(N)cc2[nH]1. The molecule has 1 heterocycles. The number of fused-ring (bicyclic) bond motifs is 1. The van der Waals surface area contributed by atoms with Crippen LogP contribution in [0.5, 0.6) is 0 Å². The van der Waals surface area contributed by atoms with Crippen LogP contribution in [0.25, 0.3) is 11.0 Å². The molecule has 0 amide bonds. The summed E-state index contributed by atoms with van der Waals surface area (Å²) in [5, 5.41) is 0. The normalized spacial score (nSPS) is 9.00. The lowest BCUT2D eigenvalue weighted by molar-refractivity contribution is 1.24. The minimum atomic E-state index is -0.0305. The van der Waals surface area contributed by atoms with Gasteiger partial charge in [-0.2, -0.15) is 4.99 Å². The van der Waals surface area contributed by atoms with E-state index >= 15 is 0 Å². The van der Waals surface area contributed by atoms with Crippen LogP contribution in [0, 0.1) is 0 Å². The van der Waals surface area contributed by atoms with Gasteiger partial charge in [0.2, 0.25) is 5.95 Å². The van der Waals surface area contributed by atoms with Gasteiger partial charge in [0, 0.05) is 5.69 Å². The number of aromatic amines is 1. The van der Waals surface area contributed by atoms with Gasteiger partial charge in [0.1, 0.15) is 0 Å². The standard InChI is InChI=1S/C8H10N6.2ClH/c9-4-1-2-5-6(3-4)13-8(12-5)14-7(10)11;;/h1-3H,9H2,(H5,10,11,12,13,14);2*1H. The van der Waals surface area contributed by atoms with Crippen molar-refractivity contribution in [3.63, 3.8) is 0 Å². The molecule has 0 aliphatic rings. The number of benzene rings is 1. The van der Waals surface area contributed by atoms with E-state index in [4.69, 9.17) is 17.2 Å². The molecule has 0 aliphatic carbocycles. The number of guanidine groups is 1. The van der Waals surface area contributed by atoms with Crippen molar-refractivity contribution >= 4 is 53.4 Å². The predicted octanol–water partition coefficient (Wildman–Crippen LogP) is 0.894. The molecular formula is C8H12Cl2N6. The van der Waals surface area contributed by atoms with E-state index in [1.54, 1.807) is 18.2 Å². The Kier molecular flexibility index (Phi) is 4.87. The van der Waals surface area contributed by atoms with Crippen LogP contribution in [0.3, 0.4) is 0 Å². The Morgan fingerprint density at radius 3 is 2.56 bits per heavy atom. The highest BCUT2D eigenvalue weighted by molar-refractivity contribution is 5.85. The molecule has 1 aromatic carbocycles. The lowest BCUT2D eigenvalue weighted by Crippen LogP contribution is -2.22. The van der Waals surface area contributed by atoms with E-state index in [0.29, 0.717) is 11.6 Å². The number of nitrogens with two attached hydrogens (primary N) is 3. The largest absolute Gasteiger partial charge is 0.399 e. The van der Waals surface area contributed by atoms with Gasteiger partial charge in [-0.3, -0.25) is 0 Å². The average Bonchev–Trinajstić information content (AvgIpc) is 2.44. The van der Waals surface area contributed by atoms with E-state index in [9.17, 15) is 0 Å².